The third-order valence-corrected chi connectivity index (χ3v) is 13.5. The van der Waals surface area contributed by atoms with E-state index in [0.717, 1.165) is 42.2 Å². The van der Waals surface area contributed by atoms with Gasteiger partial charge in [0.2, 0.25) is 23.6 Å². The molecule has 1 unspecified atom stereocenters. The van der Waals surface area contributed by atoms with Gasteiger partial charge in [-0.2, -0.15) is 0 Å². The molecule has 4 atom stereocenters. The molecule has 0 bridgehead atoms. The van der Waals surface area contributed by atoms with Gasteiger partial charge in [0.15, 0.2) is 5.60 Å². The Kier molecular flexibility index (Phi) is 18.0. The van der Waals surface area contributed by atoms with Gasteiger partial charge < -0.3 is 40.4 Å². The van der Waals surface area contributed by atoms with Crippen molar-refractivity contribution in [3.8, 4) is 11.4 Å². The maximum Gasteiger partial charge on any atom is 0.343 e. The standard InChI is InChI=1S/C50H69FN6O10/c1-9-12-20-49(8,10-2)40(58)18-13-14-19-41(59)52-25-42(60)56-43(29(4)5)46(62)54-31(7)45(61)53-28-66-21-16-15-17-33-30(6)37(51)24-38-34(33)22-32-26-57-39(44(32)55-38)23-36-35(47(57)63)27-67-48(64)50(36,65)11-3/h22-24,29,31,43,65H,9-21,25-28H2,1-8H3,(H,52,59)(H,53,61)(H,54,62)(H,56,60)/t31-,43-,49?,50-/m0/s1. The molecule has 5 N–H and O–H groups in total. The average molecular weight is 933 g/mol. The number of rotatable bonds is 25. The number of pyridine rings is 2. The van der Waals surface area contributed by atoms with Crippen LogP contribution in [-0.4, -0.2) is 82.0 Å². The van der Waals surface area contributed by atoms with Crippen LogP contribution < -0.4 is 26.8 Å². The number of ketones is 1. The van der Waals surface area contributed by atoms with Crippen LogP contribution in [0, 0.1) is 24.1 Å². The molecule has 0 saturated carbocycles. The van der Waals surface area contributed by atoms with Crippen molar-refractivity contribution >= 4 is 46.3 Å². The lowest BCUT2D eigenvalue weighted by Crippen LogP contribution is -2.55. The van der Waals surface area contributed by atoms with E-state index in [0.29, 0.717) is 61.0 Å². The number of carbonyl (C=O) groups is 6. The van der Waals surface area contributed by atoms with E-state index < -0.39 is 47.2 Å². The number of carbonyl (C=O) groups excluding carboxylic acids is 6. The van der Waals surface area contributed by atoms with Crippen molar-refractivity contribution in [3.05, 3.63) is 62.2 Å². The molecular formula is C50H69FN6O10. The van der Waals surface area contributed by atoms with Gasteiger partial charge in [0.05, 0.1) is 35.6 Å². The molecule has 2 aliphatic heterocycles. The van der Waals surface area contributed by atoms with Crippen molar-refractivity contribution in [2.75, 3.05) is 19.9 Å². The van der Waals surface area contributed by atoms with Crippen LogP contribution in [0.3, 0.4) is 0 Å². The molecule has 0 fully saturated rings. The molecule has 2 aliphatic rings. The molecule has 5 rings (SSSR count). The van der Waals surface area contributed by atoms with E-state index in [2.05, 4.69) is 28.2 Å². The molecule has 366 valence electrons. The molecule has 16 nitrogen and oxygen atoms in total. The number of unbranched alkanes of at least 4 members (excludes halogenated alkanes) is 3. The first-order chi connectivity index (χ1) is 31.8. The fourth-order valence-electron chi connectivity index (χ4n) is 8.78. The van der Waals surface area contributed by atoms with Gasteiger partial charge >= 0.3 is 5.97 Å². The predicted molar refractivity (Wildman–Crippen MR) is 250 cm³/mol. The number of fused-ring (bicyclic) bond motifs is 5. The maximum absolute atomic E-state index is 15.3. The largest absolute Gasteiger partial charge is 0.458 e. The number of halogens is 1. The molecule has 17 heteroatoms. The number of ether oxygens (including phenoxy) is 2. The molecule has 1 aromatic carbocycles. The number of nitrogens with one attached hydrogen (secondary N) is 4. The Bertz CT molecular complexity index is 2420. The molecule has 0 spiro atoms. The zero-order valence-electron chi connectivity index (χ0n) is 40.4. The molecule has 0 radical (unpaired) electrons. The maximum atomic E-state index is 15.3. The summed E-state index contributed by atoms with van der Waals surface area (Å²) in [4.78, 5) is 94.9. The molecule has 3 aromatic rings. The Labute approximate surface area is 391 Å². The van der Waals surface area contributed by atoms with Crippen molar-refractivity contribution in [1.82, 2.24) is 30.8 Å². The summed E-state index contributed by atoms with van der Waals surface area (Å²) in [5.74, 6) is -3.25. The summed E-state index contributed by atoms with van der Waals surface area (Å²) in [5, 5.41) is 22.4. The van der Waals surface area contributed by atoms with E-state index in [-0.39, 0.29) is 85.6 Å². The van der Waals surface area contributed by atoms with E-state index in [1.165, 1.54) is 13.0 Å². The SMILES string of the molecule is CCCCC(C)(CC)C(=O)CCCCC(=O)NCC(=O)N[C@H](C(=O)N[C@@H](C)C(=O)NCOCCCCc1c(C)c(F)cc2nc3c(cc12)Cn1c-3cc2c(c1=O)COC(=O)[C@]2(O)CC)C(C)C. The minimum absolute atomic E-state index is 0.0208. The van der Waals surface area contributed by atoms with Crippen LogP contribution >= 0.6 is 0 Å². The molecule has 67 heavy (non-hydrogen) atoms. The van der Waals surface area contributed by atoms with E-state index in [1.807, 2.05) is 19.9 Å². The lowest BCUT2D eigenvalue weighted by atomic mass is 9.77. The first-order valence-corrected chi connectivity index (χ1v) is 23.8. The fourth-order valence-corrected chi connectivity index (χ4v) is 8.78. The number of Topliss-reactive ketones (excluding diaryl/α,β-unsaturated/α-hetero) is 1. The third-order valence-electron chi connectivity index (χ3n) is 13.5. The van der Waals surface area contributed by atoms with Crippen LogP contribution in [-0.2, 0) is 63.4 Å². The molecule has 4 heterocycles. The van der Waals surface area contributed by atoms with Gasteiger partial charge in [-0.1, -0.05) is 54.4 Å². The Morgan fingerprint density at radius 3 is 2.37 bits per heavy atom. The summed E-state index contributed by atoms with van der Waals surface area (Å²) in [6, 6.07) is 3.01. The lowest BCUT2D eigenvalue weighted by Gasteiger charge is -2.31. The van der Waals surface area contributed by atoms with E-state index in [1.54, 1.807) is 38.3 Å². The first kappa shape index (κ1) is 52.4. The molecular weight excluding hydrogens is 864 g/mol. The van der Waals surface area contributed by atoms with Crippen LogP contribution in [0.15, 0.2) is 23.0 Å². The minimum atomic E-state index is -1.95. The highest BCUT2D eigenvalue weighted by atomic mass is 19.1. The van der Waals surface area contributed by atoms with Crippen LogP contribution in [0.4, 0.5) is 4.39 Å². The number of nitrogens with zero attached hydrogens (tertiary/aromatic N) is 2. The summed E-state index contributed by atoms with van der Waals surface area (Å²) < 4.78 is 27.7. The number of esters is 1. The monoisotopic (exact) mass is 933 g/mol. The lowest BCUT2D eigenvalue weighted by molar-refractivity contribution is -0.172. The topological polar surface area (TPSA) is 224 Å². The number of aromatic nitrogens is 2. The number of aliphatic hydroxyl groups is 1. The second-order valence-electron chi connectivity index (χ2n) is 18.6. The van der Waals surface area contributed by atoms with Crippen LogP contribution in [0.2, 0.25) is 0 Å². The van der Waals surface area contributed by atoms with Crippen molar-refractivity contribution in [2.45, 2.75) is 163 Å². The second kappa shape index (κ2) is 23.0. The van der Waals surface area contributed by atoms with Crippen LogP contribution in [0.1, 0.15) is 147 Å². The van der Waals surface area contributed by atoms with E-state index in [4.69, 9.17) is 14.5 Å². The Balaban J connectivity index is 1.04. The third kappa shape index (κ3) is 12.1. The van der Waals surface area contributed by atoms with Gasteiger partial charge in [-0.3, -0.25) is 28.8 Å². The highest BCUT2D eigenvalue weighted by Crippen LogP contribution is 2.40. The molecule has 0 aliphatic carbocycles. The van der Waals surface area contributed by atoms with E-state index >= 15 is 4.39 Å². The number of hydrogen-bond acceptors (Lipinski definition) is 11. The average Bonchev–Trinajstić information content (AvgIpc) is 3.66. The number of benzene rings is 1. The van der Waals surface area contributed by atoms with Gasteiger partial charge in [0.25, 0.3) is 5.56 Å². The molecule has 2 aromatic heterocycles. The Morgan fingerprint density at radius 2 is 1.69 bits per heavy atom. The van der Waals surface area contributed by atoms with Crippen molar-refractivity contribution in [2.24, 2.45) is 11.3 Å². The van der Waals surface area contributed by atoms with Gasteiger partial charge in [0.1, 0.15) is 37.0 Å². The summed E-state index contributed by atoms with van der Waals surface area (Å²) >= 11 is 0. The predicted octanol–water partition coefficient (Wildman–Crippen LogP) is 5.44. The summed E-state index contributed by atoms with van der Waals surface area (Å²) in [7, 11) is 0. The normalized spacial score (nSPS) is 16.9. The summed E-state index contributed by atoms with van der Waals surface area (Å²) in [5.41, 5.74) is 1.13. The zero-order valence-corrected chi connectivity index (χ0v) is 40.4. The van der Waals surface area contributed by atoms with Gasteiger partial charge in [-0.25, -0.2) is 14.2 Å². The highest BCUT2D eigenvalue weighted by Gasteiger charge is 2.45. The quantitative estimate of drug-likeness (QED) is 0.0320. The zero-order chi connectivity index (χ0) is 49.2. The minimum Gasteiger partial charge on any atom is -0.458 e. The highest BCUT2D eigenvalue weighted by molar-refractivity contribution is 5.93. The molecule has 0 saturated heterocycles. The van der Waals surface area contributed by atoms with Crippen molar-refractivity contribution < 1.29 is 47.7 Å². The summed E-state index contributed by atoms with van der Waals surface area (Å²) in [6.45, 7) is 14.3. The van der Waals surface area contributed by atoms with Crippen LogP contribution in [0.25, 0.3) is 22.3 Å². The van der Waals surface area contributed by atoms with Crippen molar-refractivity contribution in [1.29, 1.82) is 0 Å². The number of amides is 4. The smallest absolute Gasteiger partial charge is 0.343 e. The number of cyclic esters (lactones) is 1. The second-order valence-corrected chi connectivity index (χ2v) is 18.6. The number of aryl methyl sites for hydroxylation is 1. The Hall–Kier alpha value is -5.55. The van der Waals surface area contributed by atoms with Gasteiger partial charge in [-0.15, -0.1) is 0 Å². The van der Waals surface area contributed by atoms with Gasteiger partial charge in [-0.05, 0) is 94.4 Å². The first-order valence-electron chi connectivity index (χ1n) is 23.8. The van der Waals surface area contributed by atoms with E-state index in [9.17, 15) is 38.7 Å². The fraction of sp³-hybridized carbons (Fsp3) is 0.600. The van der Waals surface area contributed by atoms with Gasteiger partial charge in [0, 0.05) is 47.4 Å². The Morgan fingerprint density at radius 1 is 0.955 bits per heavy atom. The van der Waals surface area contributed by atoms with Crippen LogP contribution in [0.5, 0.6) is 0 Å². The van der Waals surface area contributed by atoms with Crippen molar-refractivity contribution in [3.63, 3.8) is 0 Å². The molecule has 4 amide bonds. The number of hydrogen-bond donors (Lipinski definition) is 5. The summed E-state index contributed by atoms with van der Waals surface area (Å²) in [6.07, 6.45) is 7.12.